The Kier molecular flexibility index (Phi) is 11.9. The summed E-state index contributed by atoms with van der Waals surface area (Å²) in [6, 6.07) is 8.57. The molecule has 1 aromatic heterocycles. The number of nitrogens with zero attached hydrogens (tertiary/aromatic N) is 3. The van der Waals surface area contributed by atoms with Crippen LogP contribution in [-0.4, -0.2) is 104 Å². The van der Waals surface area contributed by atoms with Gasteiger partial charge in [-0.3, -0.25) is 28.7 Å². The third-order valence-corrected chi connectivity index (χ3v) is 7.84. The van der Waals surface area contributed by atoms with Crippen LogP contribution in [0.1, 0.15) is 59.1 Å². The fourth-order valence-electron chi connectivity index (χ4n) is 5.36. The van der Waals surface area contributed by atoms with Crippen LogP contribution in [0.5, 0.6) is 5.75 Å². The Balaban J connectivity index is 1.53. The maximum atomic E-state index is 13.5. The van der Waals surface area contributed by atoms with E-state index in [4.69, 9.17) is 14.2 Å². The number of fused-ring (bicyclic) bond motifs is 18. The van der Waals surface area contributed by atoms with E-state index in [9.17, 15) is 24.0 Å². The van der Waals surface area contributed by atoms with Crippen molar-refractivity contribution in [2.45, 2.75) is 45.6 Å². The lowest BCUT2D eigenvalue weighted by molar-refractivity contribution is -0.156. The van der Waals surface area contributed by atoms with Gasteiger partial charge >= 0.3 is 5.97 Å². The second-order valence-electron chi connectivity index (χ2n) is 11.1. The molecule has 2 bridgehead atoms. The molecule has 1 unspecified atom stereocenters. The maximum absolute atomic E-state index is 13.5. The van der Waals surface area contributed by atoms with E-state index in [0.29, 0.717) is 56.9 Å². The number of rotatable bonds is 6. The number of nitrogens with one attached hydrogen (secondary N) is 3. The SMILES string of the molecule is CCOC(=O)C1(CCOC)CNC(=O)CCCN(C(=O)c2cc3n(n2)CCNC3=O)CCCNC(=O)COc2ccc(cc2)C1. The first-order chi connectivity index (χ1) is 21.7. The van der Waals surface area contributed by atoms with E-state index in [2.05, 4.69) is 21.0 Å². The average Bonchev–Trinajstić information content (AvgIpc) is 3.48. The molecule has 0 saturated heterocycles. The number of ether oxygens (including phenoxy) is 3. The molecular formula is C31H42N6O8. The van der Waals surface area contributed by atoms with Crippen molar-refractivity contribution in [3.8, 4) is 5.75 Å². The Morgan fingerprint density at radius 1 is 1.00 bits per heavy atom. The Morgan fingerprint density at radius 3 is 2.51 bits per heavy atom. The second kappa shape index (κ2) is 16.0. The molecule has 0 fully saturated rings. The molecule has 45 heavy (non-hydrogen) atoms. The van der Waals surface area contributed by atoms with Crippen LogP contribution in [0.3, 0.4) is 0 Å². The lowest BCUT2D eigenvalue weighted by atomic mass is 9.78. The number of carbonyl (C=O) groups is 5. The second-order valence-corrected chi connectivity index (χ2v) is 11.1. The minimum absolute atomic E-state index is 0.0391. The third-order valence-electron chi connectivity index (χ3n) is 7.84. The minimum Gasteiger partial charge on any atom is -0.484 e. The molecule has 0 radical (unpaired) electrons. The normalized spacial score (nSPS) is 20.2. The summed E-state index contributed by atoms with van der Waals surface area (Å²) in [5, 5.41) is 12.8. The predicted octanol–water partition coefficient (Wildman–Crippen LogP) is 0.693. The van der Waals surface area contributed by atoms with Gasteiger partial charge < -0.3 is 35.1 Å². The van der Waals surface area contributed by atoms with Crippen LogP contribution >= 0.6 is 0 Å². The highest BCUT2D eigenvalue weighted by atomic mass is 16.5. The van der Waals surface area contributed by atoms with Gasteiger partial charge in [0.25, 0.3) is 17.7 Å². The highest BCUT2D eigenvalue weighted by Crippen LogP contribution is 2.30. The zero-order valence-electron chi connectivity index (χ0n) is 25.9. The highest BCUT2D eigenvalue weighted by Gasteiger charge is 2.40. The van der Waals surface area contributed by atoms with Crippen molar-refractivity contribution in [1.82, 2.24) is 30.6 Å². The summed E-state index contributed by atoms with van der Waals surface area (Å²) in [5.41, 5.74) is 0.199. The summed E-state index contributed by atoms with van der Waals surface area (Å²) in [7, 11) is 1.55. The Hall–Kier alpha value is -4.46. The van der Waals surface area contributed by atoms with E-state index in [1.807, 2.05) is 12.1 Å². The number of benzene rings is 1. The lowest BCUT2D eigenvalue weighted by Crippen LogP contribution is -2.46. The maximum Gasteiger partial charge on any atom is 0.314 e. The summed E-state index contributed by atoms with van der Waals surface area (Å²) in [5.74, 6) is -1.19. The van der Waals surface area contributed by atoms with Gasteiger partial charge in [-0.2, -0.15) is 5.10 Å². The monoisotopic (exact) mass is 626 g/mol. The molecule has 1 atom stereocenters. The van der Waals surface area contributed by atoms with Crippen LogP contribution in [0.4, 0.5) is 0 Å². The quantitative estimate of drug-likeness (QED) is 0.391. The largest absolute Gasteiger partial charge is 0.484 e. The highest BCUT2D eigenvalue weighted by molar-refractivity contribution is 5.98. The van der Waals surface area contributed by atoms with Gasteiger partial charge in [0, 0.05) is 58.9 Å². The van der Waals surface area contributed by atoms with Crippen LogP contribution in [0.2, 0.25) is 0 Å². The Labute approximate surface area is 262 Å². The van der Waals surface area contributed by atoms with Gasteiger partial charge in [0.05, 0.1) is 18.6 Å². The molecule has 1 aromatic carbocycles. The van der Waals surface area contributed by atoms with Crippen LogP contribution in [0, 0.1) is 5.41 Å². The van der Waals surface area contributed by atoms with Crippen LogP contribution in [-0.2, 0) is 36.8 Å². The van der Waals surface area contributed by atoms with Crippen molar-refractivity contribution >= 4 is 29.6 Å². The summed E-state index contributed by atoms with van der Waals surface area (Å²) >= 11 is 0. The van der Waals surface area contributed by atoms with Crippen LogP contribution in [0.15, 0.2) is 30.3 Å². The number of hydrogen-bond acceptors (Lipinski definition) is 9. The molecule has 14 heteroatoms. The van der Waals surface area contributed by atoms with Gasteiger partial charge in [-0.05, 0) is 50.3 Å². The fourth-order valence-corrected chi connectivity index (χ4v) is 5.36. The molecule has 0 aliphatic carbocycles. The lowest BCUT2D eigenvalue weighted by Gasteiger charge is -2.32. The standard InChI is InChI=1S/C31H42N6O8/c1-3-44-30(42)31(11-17-43-2)19-22-7-9-23(10-8-22)45-20-27(39)32-12-5-15-36(14-4-6-26(38)34-21-31)29(41)24-18-25-28(40)33-13-16-37(25)35-24/h7-10,18H,3-6,11-17,19-21H2,1-2H3,(H,32,39)(H,33,40)(H,34,38). The van der Waals surface area contributed by atoms with Crippen molar-refractivity contribution in [2.24, 2.45) is 5.41 Å². The van der Waals surface area contributed by atoms with Crippen molar-refractivity contribution < 1.29 is 38.2 Å². The summed E-state index contributed by atoms with van der Waals surface area (Å²) in [4.78, 5) is 66.1. The topological polar surface area (TPSA) is 170 Å². The number of aromatic nitrogens is 2. The van der Waals surface area contributed by atoms with E-state index < -0.39 is 11.4 Å². The molecule has 244 valence electrons. The molecule has 4 heterocycles. The molecule has 2 aromatic rings. The summed E-state index contributed by atoms with van der Waals surface area (Å²) in [6.07, 6.45) is 1.50. The average molecular weight is 627 g/mol. The predicted molar refractivity (Wildman–Crippen MR) is 162 cm³/mol. The number of methoxy groups -OCH3 is 1. The van der Waals surface area contributed by atoms with Gasteiger partial charge in [0.15, 0.2) is 12.3 Å². The van der Waals surface area contributed by atoms with Gasteiger partial charge in [-0.1, -0.05) is 12.1 Å². The van der Waals surface area contributed by atoms with E-state index in [0.717, 1.165) is 5.56 Å². The molecule has 3 N–H and O–H groups in total. The zero-order valence-corrected chi connectivity index (χ0v) is 25.9. The molecule has 3 aliphatic rings. The van der Waals surface area contributed by atoms with Crippen molar-refractivity contribution in [2.75, 3.05) is 59.7 Å². The van der Waals surface area contributed by atoms with Crippen molar-refractivity contribution in [3.05, 3.63) is 47.3 Å². The van der Waals surface area contributed by atoms with Gasteiger partial charge in [-0.15, -0.1) is 0 Å². The molecule has 0 spiro atoms. The minimum atomic E-state index is -1.08. The first kappa shape index (κ1) is 33.4. The van der Waals surface area contributed by atoms with Gasteiger partial charge in [-0.25, -0.2) is 0 Å². The molecule has 5 rings (SSSR count). The smallest absolute Gasteiger partial charge is 0.314 e. The first-order valence-electron chi connectivity index (χ1n) is 15.3. The summed E-state index contributed by atoms with van der Waals surface area (Å²) in [6.45, 7) is 3.79. The van der Waals surface area contributed by atoms with Crippen LogP contribution in [0.25, 0.3) is 0 Å². The van der Waals surface area contributed by atoms with Gasteiger partial charge in [0.2, 0.25) is 5.91 Å². The van der Waals surface area contributed by atoms with Gasteiger partial charge in [0.1, 0.15) is 11.4 Å². The van der Waals surface area contributed by atoms with E-state index in [-0.39, 0.29) is 75.1 Å². The van der Waals surface area contributed by atoms with E-state index >= 15 is 0 Å². The molecular weight excluding hydrogens is 584 g/mol. The fraction of sp³-hybridized carbons (Fsp3) is 0.548. The number of esters is 1. The van der Waals surface area contributed by atoms with Crippen LogP contribution < -0.4 is 20.7 Å². The summed E-state index contributed by atoms with van der Waals surface area (Å²) < 4.78 is 17.9. The molecule has 14 nitrogen and oxygen atoms in total. The zero-order chi connectivity index (χ0) is 32.2. The first-order valence-corrected chi connectivity index (χ1v) is 15.3. The van der Waals surface area contributed by atoms with E-state index in [1.165, 1.54) is 10.7 Å². The van der Waals surface area contributed by atoms with E-state index in [1.54, 1.807) is 31.1 Å². The van der Waals surface area contributed by atoms with Crippen molar-refractivity contribution in [3.63, 3.8) is 0 Å². The number of hydrogen-bond donors (Lipinski definition) is 3. The number of carbonyl (C=O) groups excluding carboxylic acids is 5. The number of amides is 4. The molecule has 3 aliphatic heterocycles. The molecule has 0 saturated carbocycles. The Morgan fingerprint density at radius 2 is 1.78 bits per heavy atom. The Bertz CT molecular complexity index is 1360. The van der Waals surface area contributed by atoms with Crippen molar-refractivity contribution in [1.29, 1.82) is 0 Å². The molecule has 4 amide bonds. The third kappa shape index (κ3) is 9.03.